The van der Waals surface area contributed by atoms with E-state index < -0.39 is 10.8 Å². The van der Waals surface area contributed by atoms with Crippen molar-refractivity contribution < 1.29 is 18.9 Å². The summed E-state index contributed by atoms with van der Waals surface area (Å²) in [7, 11) is 0. The van der Waals surface area contributed by atoms with Gasteiger partial charge in [0.1, 0.15) is 5.76 Å². The van der Waals surface area contributed by atoms with Gasteiger partial charge >= 0.3 is 0 Å². The number of nitrogens with zero attached hydrogens (tertiary/aromatic N) is 3. The number of nitro benzene ring substituents is 1. The van der Waals surface area contributed by atoms with E-state index in [1.807, 2.05) is 13.8 Å². The van der Waals surface area contributed by atoms with Gasteiger partial charge in [-0.05, 0) is 44.0 Å². The SMILES string of the molecule is CC(C)NC(=O)CN1CCN2c3ccc([N+](=O)[O-])cc3CC(C(=O)NCc3ccco3)C2C1. The Balaban J connectivity index is 1.56. The molecule has 2 N–H and O–H groups in total. The lowest BCUT2D eigenvalue weighted by Crippen LogP contribution is -2.62. The van der Waals surface area contributed by atoms with Gasteiger partial charge in [-0.3, -0.25) is 24.6 Å². The van der Waals surface area contributed by atoms with E-state index >= 15 is 0 Å². The molecule has 1 fully saturated rings. The lowest BCUT2D eigenvalue weighted by atomic mass is 9.83. The maximum Gasteiger partial charge on any atom is 0.269 e. The largest absolute Gasteiger partial charge is 0.467 e. The quantitative estimate of drug-likeness (QED) is 0.481. The number of nitro groups is 1. The summed E-state index contributed by atoms with van der Waals surface area (Å²) < 4.78 is 5.32. The molecule has 33 heavy (non-hydrogen) atoms. The van der Waals surface area contributed by atoms with Crippen LogP contribution < -0.4 is 15.5 Å². The number of non-ortho nitro benzene ring substituents is 1. The second-order valence-electron chi connectivity index (χ2n) is 8.90. The highest BCUT2D eigenvalue weighted by molar-refractivity contribution is 5.82. The maximum absolute atomic E-state index is 13.2. The Morgan fingerprint density at radius 1 is 1.27 bits per heavy atom. The van der Waals surface area contributed by atoms with E-state index in [1.54, 1.807) is 30.5 Å². The van der Waals surface area contributed by atoms with Crippen molar-refractivity contribution >= 4 is 23.2 Å². The second kappa shape index (κ2) is 9.62. The lowest BCUT2D eigenvalue weighted by Gasteiger charge is -2.49. The van der Waals surface area contributed by atoms with Gasteiger partial charge in [-0.25, -0.2) is 0 Å². The first-order valence-electron chi connectivity index (χ1n) is 11.2. The number of hydrogen-bond donors (Lipinski definition) is 2. The molecular formula is C23H29N5O5. The van der Waals surface area contributed by atoms with Crippen LogP contribution >= 0.6 is 0 Å². The second-order valence-corrected chi connectivity index (χ2v) is 8.90. The number of fused-ring (bicyclic) bond motifs is 3. The molecule has 0 bridgehead atoms. The molecule has 10 heteroatoms. The summed E-state index contributed by atoms with van der Waals surface area (Å²) in [5.41, 5.74) is 1.74. The monoisotopic (exact) mass is 455 g/mol. The third-order valence-electron chi connectivity index (χ3n) is 6.16. The van der Waals surface area contributed by atoms with Gasteiger partial charge in [0.25, 0.3) is 5.69 Å². The number of furan rings is 1. The molecular weight excluding hydrogens is 426 g/mol. The lowest BCUT2D eigenvalue weighted by molar-refractivity contribution is -0.384. The van der Waals surface area contributed by atoms with Crippen LogP contribution in [0.15, 0.2) is 41.0 Å². The molecule has 2 aliphatic heterocycles. The summed E-state index contributed by atoms with van der Waals surface area (Å²) in [5.74, 6) is 0.0734. The molecule has 1 aromatic heterocycles. The molecule has 0 saturated carbocycles. The van der Waals surface area contributed by atoms with E-state index in [9.17, 15) is 19.7 Å². The third-order valence-corrected chi connectivity index (χ3v) is 6.16. The number of hydrogen-bond acceptors (Lipinski definition) is 7. The number of nitrogens with one attached hydrogen (secondary N) is 2. The van der Waals surface area contributed by atoms with Crippen LogP contribution in [0.3, 0.4) is 0 Å². The standard InChI is InChI=1S/C23H29N5O5/c1-15(2)25-22(29)14-26-7-8-27-20-6-5-17(28(31)32)10-16(20)11-19(21(27)13-26)23(30)24-12-18-4-3-9-33-18/h3-6,9-10,15,19,21H,7-8,11-14H2,1-2H3,(H,24,30)(H,25,29). The molecule has 3 heterocycles. The number of benzene rings is 1. The zero-order valence-electron chi connectivity index (χ0n) is 18.8. The minimum absolute atomic E-state index is 0.0194. The smallest absolute Gasteiger partial charge is 0.269 e. The number of piperazine rings is 1. The van der Waals surface area contributed by atoms with Gasteiger partial charge in [0, 0.05) is 43.5 Å². The zero-order chi connectivity index (χ0) is 23.5. The Morgan fingerprint density at radius 3 is 2.79 bits per heavy atom. The Hall–Kier alpha value is -3.40. The number of carbonyl (C=O) groups excluding carboxylic acids is 2. The average Bonchev–Trinajstić information content (AvgIpc) is 3.29. The van der Waals surface area contributed by atoms with Gasteiger partial charge in [-0.2, -0.15) is 0 Å². The van der Waals surface area contributed by atoms with Crippen LogP contribution in [0, 0.1) is 16.0 Å². The van der Waals surface area contributed by atoms with E-state index in [-0.39, 0.29) is 42.7 Å². The molecule has 0 spiro atoms. The van der Waals surface area contributed by atoms with Crippen LogP contribution in [0.1, 0.15) is 25.2 Å². The fourth-order valence-corrected chi connectivity index (χ4v) is 4.72. The van der Waals surface area contributed by atoms with Crippen LogP contribution in [0.4, 0.5) is 11.4 Å². The fourth-order valence-electron chi connectivity index (χ4n) is 4.72. The highest BCUT2D eigenvalue weighted by Gasteiger charge is 2.42. The summed E-state index contributed by atoms with van der Waals surface area (Å²) in [6.45, 7) is 6.25. The molecule has 1 saturated heterocycles. The number of anilines is 1. The molecule has 10 nitrogen and oxygen atoms in total. The molecule has 2 unspecified atom stereocenters. The molecule has 0 aliphatic carbocycles. The molecule has 4 rings (SSSR count). The van der Waals surface area contributed by atoms with Crippen molar-refractivity contribution in [3.05, 3.63) is 58.0 Å². The van der Waals surface area contributed by atoms with Crippen LogP contribution in [-0.2, 0) is 22.6 Å². The van der Waals surface area contributed by atoms with Gasteiger partial charge in [-0.15, -0.1) is 0 Å². The molecule has 0 radical (unpaired) electrons. The van der Waals surface area contributed by atoms with E-state index in [0.29, 0.717) is 31.8 Å². The predicted octanol–water partition coefficient (Wildman–Crippen LogP) is 1.69. The van der Waals surface area contributed by atoms with Gasteiger partial charge in [0.05, 0.1) is 36.2 Å². The normalized spacial score (nSPS) is 20.2. The van der Waals surface area contributed by atoms with E-state index in [2.05, 4.69) is 20.4 Å². The number of rotatable bonds is 7. The molecule has 1 aromatic carbocycles. The van der Waals surface area contributed by atoms with Crippen LogP contribution in [-0.4, -0.2) is 59.9 Å². The van der Waals surface area contributed by atoms with Gasteiger partial charge in [0.15, 0.2) is 0 Å². The highest BCUT2D eigenvalue weighted by Crippen LogP contribution is 2.37. The zero-order valence-corrected chi connectivity index (χ0v) is 18.8. The van der Waals surface area contributed by atoms with Crippen molar-refractivity contribution in [3.63, 3.8) is 0 Å². The van der Waals surface area contributed by atoms with Crippen molar-refractivity contribution in [1.82, 2.24) is 15.5 Å². The molecule has 2 amide bonds. The first kappa shape index (κ1) is 22.8. The number of carbonyl (C=O) groups is 2. The minimum Gasteiger partial charge on any atom is -0.467 e. The molecule has 2 atom stereocenters. The Kier molecular flexibility index (Phi) is 6.64. The summed E-state index contributed by atoms with van der Waals surface area (Å²) in [5, 5.41) is 17.2. The summed E-state index contributed by atoms with van der Waals surface area (Å²) in [6.07, 6.45) is 1.95. The molecule has 176 valence electrons. The van der Waals surface area contributed by atoms with Crippen LogP contribution in [0.25, 0.3) is 0 Å². The maximum atomic E-state index is 13.2. The first-order valence-corrected chi connectivity index (χ1v) is 11.2. The highest BCUT2D eigenvalue weighted by atomic mass is 16.6. The third kappa shape index (κ3) is 5.16. The van der Waals surface area contributed by atoms with Gasteiger partial charge in [-0.1, -0.05) is 0 Å². The predicted molar refractivity (Wildman–Crippen MR) is 122 cm³/mol. The van der Waals surface area contributed by atoms with Crippen molar-refractivity contribution in [3.8, 4) is 0 Å². The summed E-state index contributed by atoms with van der Waals surface area (Å²) in [6, 6.07) is 8.34. The summed E-state index contributed by atoms with van der Waals surface area (Å²) >= 11 is 0. The minimum atomic E-state index is -0.413. The van der Waals surface area contributed by atoms with Crippen LogP contribution in [0.2, 0.25) is 0 Å². The van der Waals surface area contributed by atoms with Crippen molar-refractivity contribution in [2.45, 2.75) is 38.9 Å². The summed E-state index contributed by atoms with van der Waals surface area (Å²) in [4.78, 5) is 40.7. The van der Waals surface area contributed by atoms with E-state index in [1.165, 1.54) is 6.07 Å². The van der Waals surface area contributed by atoms with E-state index in [4.69, 9.17) is 4.42 Å². The molecule has 2 aromatic rings. The Labute approximate surface area is 192 Å². The van der Waals surface area contributed by atoms with Crippen LogP contribution in [0.5, 0.6) is 0 Å². The average molecular weight is 456 g/mol. The van der Waals surface area contributed by atoms with Gasteiger partial charge < -0.3 is 20.0 Å². The first-order chi connectivity index (χ1) is 15.8. The fraction of sp³-hybridized carbons (Fsp3) is 0.478. The van der Waals surface area contributed by atoms with Crippen molar-refractivity contribution in [2.75, 3.05) is 31.1 Å². The van der Waals surface area contributed by atoms with Crippen molar-refractivity contribution in [2.24, 2.45) is 5.92 Å². The molecule has 2 aliphatic rings. The van der Waals surface area contributed by atoms with Crippen molar-refractivity contribution in [1.29, 1.82) is 0 Å². The topological polar surface area (TPSA) is 121 Å². The van der Waals surface area contributed by atoms with Gasteiger partial charge in [0.2, 0.25) is 11.8 Å². The van der Waals surface area contributed by atoms with E-state index in [0.717, 1.165) is 11.3 Å². The Morgan fingerprint density at radius 2 is 2.09 bits per heavy atom. The Bertz CT molecular complexity index is 1020. The number of amides is 2.